The molecule has 0 radical (unpaired) electrons. The molecule has 6 heteroatoms. The first-order valence-electron chi connectivity index (χ1n) is 6.36. The highest BCUT2D eigenvalue weighted by atomic mass is 79.9. The predicted octanol–water partition coefficient (Wildman–Crippen LogP) is 2.13. The normalized spacial score (nSPS) is 20.9. The molecule has 1 fully saturated rings. The molecule has 1 aromatic carbocycles. The van der Waals surface area contributed by atoms with Crippen LogP contribution in [0.15, 0.2) is 27.6 Å². The molecule has 1 aromatic rings. The Balaban J connectivity index is 2.09. The topological polar surface area (TPSA) is 49.4 Å². The van der Waals surface area contributed by atoms with Gasteiger partial charge in [0.15, 0.2) is 0 Å². The molecule has 0 aliphatic carbocycles. The molecule has 0 amide bonds. The SMILES string of the molecule is Cc1ccc(S(=O)(=O)NCC2CCCN2C)c(Br)c1. The van der Waals surface area contributed by atoms with E-state index in [1.807, 2.05) is 20.0 Å². The van der Waals surface area contributed by atoms with Gasteiger partial charge in [-0.2, -0.15) is 0 Å². The van der Waals surface area contributed by atoms with Crippen molar-refractivity contribution in [3.63, 3.8) is 0 Å². The number of nitrogens with zero attached hydrogens (tertiary/aromatic N) is 1. The van der Waals surface area contributed by atoms with E-state index in [0.29, 0.717) is 22.0 Å². The molecule has 0 bridgehead atoms. The van der Waals surface area contributed by atoms with E-state index in [1.54, 1.807) is 12.1 Å². The van der Waals surface area contributed by atoms with E-state index in [2.05, 4.69) is 25.6 Å². The van der Waals surface area contributed by atoms with Gasteiger partial charge in [-0.15, -0.1) is 0 Å². The summed E-state index contributed by atoms with van der Waals surface area (Å²) in [6, 6.07) is 5.57. The highest BCUT2D eigenvalue weighted by molar-refractivity contribution is 9.10. The van der Waals surface area contributed by atoms with Crippen molar-refractivity contribution >= 4 is 26.0 Å². The van der Waals surface area contributed by atoms with Crippen LogP contribution in [-0.4, -0.2) is 39.5 Å². The second kappa shape index (κ2) is 5.91. The Morgan fingerprint density at radius 2 is 2.21 bits per heavy atom. The average Bonchev–Trinajstić information content (AvgIpc) is 2.72. The third-order valence-electron chi connectivity index (χ3n) is 3.56. The van der Waals surface area contributed by atoms with Crippen LogP contribution in [0.2, 0.25) is 0 Å². The standard InChI is InChI=1S/C13H19BrN2O2S/c1-10-5-6-13(12(14)8-10)19(17,18)15-9-11-4-3-7-16(11)2/h5-6,8,11,15H,3-4,7,9H2,1-2H3. The molecule has 1 N–H and O–H groups in total. The number of sulfonamides is 1. The minimum Gasteiger partial charge on any atom is -0.302 e. The Hall–Kier alpha value is -0.430. The van der Waals surface area contributed by atoms with Crippen molar-refractivity contribution in [2.45, 2.75) is 30.7 Å². The zero-order valence-electron chi connectivity index (χ0n) is 11.2. The number of halogens is 1. The molecule has 0 saturated carbocycles. The van der Waals surface area contributed by atoms with Crippen LogP contribution in [0.4, 0.5) is 0 Å². The molecule has 2 rings (SSSR count). The van der Waals surface area contributed by atoms with Gasteiger partial charge in [-0.25, -0.2) is 13.1 Å². The van der Waals surface area contributed by atoms with E-state index in [1.165, 1.54) is 0 Å². The van der Waals surface area contributed by atoms with Crippen LogP contribution >= 0.6 is 15.9 Å². The Labute approximate surface area is 123 Å². The van der Waals surface area contributed by atoms with Gasteiger partial charge in [-0.05, 0) is 67.0 Å². The van der Waals surface area contributed by atoms with Crippen molar-refractivity contribution in [3.05, 3.63) is 28.2 Å². The number of benzene rings is 1. The van der Waals surface area contributed by atoms with Crippen LogP contribution in [0.25, 0.3) is 0 Å². The van der Waals surface area contributed by atoms with Crippen LogP contribution in [0.3, 0.4) is 0 Å². The highest BCUT2D eigenvalue weighted by Crippen LogP contribution is 2.23. The minimum absolute atomic E-state index is 0.304. The number of hydrogen-bond donors (Lipinski definition) is 1. The quantitative estimate of drug-likeness (QED) is 0.908. The number of rotatable bonds is 4. The fourth-order valence-corrected chi connectivity index (χ4v) is 4.61. The Kier molecular flexibility index (Phi) is 4.66. The monoisotopic (exact) mass is 346 g/mol. The minimum atomic E-state index is -3.44. The third-order valence-corrected chi connectivity index (χ3v) is 5.96. The second-order valence-corrected chi connectivity index (χ2v) is 7.65. The van der Waals surface area contributed by atoms with Crippen molar-refractivity contribution in [1.82, 2.24) is 9.62 Å². The van der Waals surface area contributed by atoms with E-state index < -0.39 is 10.0 Å². The molecule has 4 nitrogen and oxygen atoms in total. The van der Waals surface area contributed by atoms with Gasteiger partial charge in [0.05, 0.1) is 4.90 Å². The second-order valence-electron chi connectivity index (χ2n) is 5.06. The molecule has 1 unspecified atom stereocenters. The maximum absolute atomic E-state index is 12.3. The number of hydrogen-bond acceptors (Lipinski definition) is 3. The van der Waals surface area contributed by atoms with E-state index in [4.69, 9.17) is 0 Å². The zero-order chi connectivity index (χ0) is 14.0. The Bertz CT molecular complexity index is 560. The molecule has 1 aliphatic heterocycles. The lowest BCUT2D eigenvalue weighted by Crippen LogP contribution is -2.38. The van der Waals surface area contributed by atoms with Crippen molar-refractivity contribution in [2.24, 2.45) is 0 Å². The summed E-state index contributed by atoms with van der Waals surface area (Å²) in [7, 11) is -1.41. The summed E-state index contributed by atoms with van der Waals surface area (Å²) in [4.78, 5) is 2.51. The molecular weight excluding hydrogens is 328 g/mol. The van der Waals surface area contributed by atoms with Gasteiger partial charge in [0.25, 0.3) is 0 Å². The predicted molar refractivity (Wildman–Crippen MR) is 79.7 cm³/mol. The third kappa shape index (κ3) is 3.56. The molecule has 0 aromatic heterocycles. The summed E-state index contributed by atoms with van der Waals surface area (Å²) < 4.78 is 27.9. The fraction of sp³-hybridized carbons (Fsp3) is 0.538. The number of nitrogens with one attached hydrogen (secondary N) is 1. The van der Waals surface area contributed by atoms with Crippen LogP contribution < -0.4 is 4.72 Å². The summed E-state index contributed by atoms with van der Waals surface area (Å²) >= 11 is 3.32. The van der Waals surface area contributed by atoms with Gasteiger partial charge in [0.2, 0.25) is 10.0 Å². The molecule has 19 heavy (non-hydrogen) atoms. The maximum Gasteiger partial charge on any atom is 0.241 e. The van der Waals surface area contributed by atoms with E-state index in [9.17, 15) is 8.42 Å². The smallest absolute Gasteiger partial charge is 0.241 e. The molecule has 1 saturated heterocycles. The van der Waals surface area contributed by atoms with E-state index >= 15 is 0 Å². The maximum atomic E-state index is 12.3. The van der Waals surface area contributed by atoms with Crippen molar-refractivity contribution in [3.8, 4) is 0 Å². The summed E-state index contributed by atoms with van der Waals surface area (Å²) in [6.07, 6.45) is 2.19. The average molecular weight is 347 g/mol. The first-order chi connectivity index (χ1) is 8.90. The van der Waals surface area contributed by atoms with E-state index in [-0.39, 0.29) is 0 Å². The van der Waals surface area contributed by atoms with Crippen LogP contribution in [0, 0.1) is 6.92 Å². The number of aryl methyl sites for hydroxylation is 1. The molecule has 0 spiro atoms. The molecule has 1 atom stereocenters. The van der Waals surface area contributed by atoms with Gasteiger partial charge in [0, 0.05) is 17.1 Å². The summed E-state index contributed by atoms with van der Waals surface area (Å²) in [5, 5.41) is 0. The summed E-state index contributed by atoms with van der Waals surface area (Å²) in [5.41, 5.74) is 1.03. The summed E-state index contributed by atoms with van der Waals surface area (Å²) in [5.74, 6) is 0. The first kappa shape index (κ1) is 15.0. The van der Waals surface area contributed by atoms with Gasteiger partial charge in [-0.3, -0.25) is 0 Å². The zero-order valence-corrected chi connectivity index (χ0v) is 13.6. The lowest BCUT2D eigenvalue weighted by atomic mass is 10.2. The van der Waals surface area contributed by atoms with Crippen LogP contribution in [-0.2, 0) is 10.0 Å². The van der Waals surface area contributed by atoms with Gasteiger partial charge >= 0.3 is 0 Å². The Morgan fingerprint density at radius 3 is 2.79 bits per heavy atom. The molecular formula is C13H19BrN2O2S. The Morgan fingerprint density at radius 1 is 1.47 bits per heavy atom. The van der Waals surface area contributed by atoms with Crippen LogP contribution in [0.1, 0.15) is 18.4 Å². The van der Waals surface area contributed by atoms with Crippen molar-refractivity contribution in [2.75, 3.05) is 20.1 Å². The summed E-state index contributed by atoms with van der Waals surface area (Å²) in [6.45, 7) is 3.45. The highest BCUT2D eigenvalue weighted by Gasteiger charge is 2.24. The first-order valence-corrected chi connectivity index (χ1v) is 8.64. The fourth-order valence-electron chi connectivity index (χ4n) is 2.34. The lowest BCUT2D eigenvalue weighted by molar-refractivity contribution is 0.311. The molecule has 1 heterocycles. The van der Waals surface area contributed by atoms with Crippen molar-refractivity contribution in [1.29, 1.82) is 0 Å². The number of likely N-dealkylation sites (N-methyl/N-ethyl adjacent to an activating group) is 1. The largest absolute Gasteiger partial charge is 0.302 e. The lowest BCUT2D eigenvalue weighted by Gasteiger charge is -2.19. The van der Waals surface area contributed by atoms with Gasteiger partial charge in [-0.1, -0.05) is 6.07 Å². The molecule has 106 valence electrons. The molecule has 1 aliphatic rings. The van der Waals surface area contributed by atoms with E-state index in [0.717, 1.165) is 24.9 Å². The van der Waals surface area contributed by atoms with Gasteiger partial charge < -0.3 is 4.90 Å². The van der Waals surface area contributed by atoms with Crippen LogP contribution in [0.5, 0.6) is 0 Å². The van der Waals surface area contributed by atoms with Gasteiger partial charge in [0.1, 0.15) is 0 Å². The number of likely N-dealkylation sites (tertiary alicyclic amines) is 1. The van der Waals surface area contributed by atoms with Crippen molar-refractivity contribution < 1.29 is 8.42 Å².